The Balaban J connectivity index is 1.54. The minimum Gasteiger partial charge on any atom is -0.453 e. The molecular formula is C18H20N2O3. The minimum atomic E-state index is -0.112. The third-order valence-electron chi connectivity index (χ3n) is 5.10. The maximum absolute atomic E-state index is 12.5. The lowest BCUT2D eigenvalue weighted by Gasteiger charge is -2.44. The van der Waals surface area contributed by atoms with E-state index in [-0.39, 0.29) is 17.7 Å². The second kappa shape index (κ2) is 5.49. The lowest BCUT2D eigenvalue weighted by Crippen LogP contribution is -2.57. The van der Waals surface area contributed by atoms with E-state index < -0.39 is 0 Å². The van der Waals surface area contributed by atoms with Gasteiger partial charge in [-0.3, -0.25) is 9.59 Å². The third-order valence-corrected chi connectivity index (χ3v) is 5.10. The van der Waals surface area contributed by atoms with E-state index in [0.717, 1.165) is 25.0 Å². The molecule has 3 saturated heterocycles. The molecule has 23 heavy (non-hydrogen) atoms. The van der Waals surface area contributed by atoms with Crippen molar-refractivity contribution in [3.63, 3.8) is 0 Å². The maximum atomic E-state index is 12.5. The molecule has 0 unspecified atom stereocenters. The first-order valence-electron chi connectivity index (χ1n) is 8.18. The minimum absolute atomic E-state index is 0.0452. The molecule has 3 fully saturated rings. The van der Waals surface area contributed by atoms with Crippen molar-refractivity contribution >= 4 is 22.7 Å². The summed E-state index contributed by atoms with van der Waals surface area (Å²) in [7, 11) is 0. The van der Waals surface area contributed by atoms with Crippen LogP contribution in [0.3, 0.4) is 0 Å². The second-order valence-electron chi connectivity index (χ2n) is 6.64. The Labute approximate surface area is 134 Å². The first kappa shape index (κ1) is 14.5. The number of Topliss-reactive ketones (excluding diaryl/α,β-unsaturated/α-hetero) is 1. The van der Waals surface area contributed by atoms with Gasteiger partial charge in [-0.2, -0.15) is 0 Å². The molecular weight excluding hydrogens is 292 g/mol. The van der Waals surface area contributed by atoms with Crippen LogP contribution in [0.25, 0.3) is 11.0 Å². The van der Waals surface area contributed by atoms with Gasteiger partial charge in [0.2, 0.25) is 0 Å². The number of carbonyl (C=O) groups excluding carboxylic acids is 2. The van der Waals surface area contributed by atoms with E-state index in [4.69, 9.17) is 4.42 Å². The zero-order valence-corrected chi connectivity index (χ0v) is 13.2. The topological polar surface area (TPSA) is 62.6 Å². The number of amides is 1. The van der Waals surface area contributed by atoms with Crippen LogP contribution in [0.4, 0.5) is 0 Å². The first-order valence-corrected chi connectivity index (χ1v) is 8.18. The molecule has 2 aromatic rings. The molecule has 0 spiro atoms. The van der Waals surface area contributed by atoms with E-state index in [1.807, 2.05) is 0 Å². The summed E-state index contributed by atoms with van der Waals surface area (Å²) in [5.41, 5.74) is 1.25. The van der Waals surface area contributed by atoms with E-state index in [1.54, 1.807) is 24.3 Å². The molecule has 1 amide bonds. The zero-order valence-electron chi connectivity index (χ0n) is 13.2. The van der Waals surface area contributed by atoms with Crippen LogP contribution in [0.1, 0.15) is 40.7 Å². The van der Waals surface area contributed by atoms with Gasteiger partial charge in [0.15, 0.2) is 11.5 Å². The van der Waals surface area contributed by atoms with E-state index >= 15 is 0 Å². The van der Waals surface area contributed by atoms with Gasteiger partial charge >= 0.3 is 0 Å². The number of carbonyl (C=O) groups is 2. The van der Waals surface area contributed by atoms with Gasteiger partial charge in [0, 0.05) is 30.5 Å². The zero-order chi connectivity index (χ0) is 16.0. The largest absolute Gasteiger partial charge is 0.453 e. The number of furan rings is 1. The predicted molar refractivity (Wildman–Crippen MR) is 86.6 cm³/mol. The molecule has 4 heterocycles. The van der Waals surface area contributed by atoms with Gasteiger partial charge in [0.05, 0.1) is 0 Å². The van der Waals surface area contributed by atoms with E-state index in [2.05, 4.69) is 10.2 Å². The maximum Gasteiger partial charge on any atom is 0.251 e. The number of hydrogen-bond acceptors (Lipinski definition) is 4. The lowest BCUT2D eigenvalue weighted by atomic mass is 9.84. The lowest BCUT2D eigenvalue weighted by molar-refractivity contribution is 0.0620. The van der Waals surface area contributed by atoms with Crippen LogP contribution in [0.5, 0.6) is 0 Å². The Morgan fingerprint density at radius 1 is 1.22 bits per heavy atom. The van der Waals surface area contributed by atoms with Crippen LogP contribution < -0.4 is 5.32 Å². The Morgan fingerprint density at radius 3 is 2.65 bits per heavy atom. The molecule has 2 bridgehead atoms. The number of nitrogens with zero attached hydrogens (tertiary/aromatic N) is 1. The molecule has 0 saturated carbocycles. The van der Waals surface area contributed by atoms with Gasteiger partial charge in [0.1, 0.15) is 5.58 Å². The summed E-state index contributed by atoms with van der Waals surface area (Å²) in [6, 6.07) is 7.25. The average Bonchev–Trinajstić information content (AvgIpc) is 2.99. The number of benzene rings is 1. The standard InChI is InChI=1S/C18H20N2O3/c1-11(21)17-9-14-8-13(2-3-16(14)23-17)18(22)19-15-10-20-6-4-12(15)5-7-20/h2-3,8-9,12,15H,4-7,10H2,1H3,(H,19,22)/t15-/m0/s1. The normalized spacial score (nSPS) is 26.4. The van der Waals surface area contributed by atoms with E-state index in [0.29, 0.717) is 22.8 Å². The van der Waals surface area contributed by atoms with Gasteiger partial charge in [-0.25, -0.2) is 0 Å². The Morgan fingerprint density at radius 2 is 2.00 bits per heavy atom. The predicted octanol–water partition coefficient (Wildman–Crippen LogP) is 2.46. The molecule has 0 radical (unpaired) electrons. The van der Waals surface area contributed by atoms with Crippen molar-refractivity contribution in [1.29, 1.82) is 0 Å². The quantitative estimate of drug-likeness (QED) is 0.884. The molecule has 5 nitrogen and oxygen atoms in total. The van der Waals surface area contributed by atoms with Crippen LogP contribution in [0, 0.1) is 5.92 Å². The molecule has 1 N–H and O–H groups in total. The highest BCUT2D eigenvalue weighted by Crippen LogP contribution is 2.28. The van der Waals surface area contributed by atoms with Gasteiger partial charge in [-0.1, -0.05) is 0 Å². The molecule has 3 aliphatic rings. The number of fused-ring (bicyclic) bond motifs is 4. The van der Waals surface area contributed by atoms with Crippen molar-refractivity contribution in [3.05, 3.63) is 35.6 Å². The molecule has 120 valence electrons. The van der Waals surface area contributed by atoms with Gasteiger partial charge in [-0.15, -0.1) is 0 Å². The van der Waals surface area contributed by atoms with Crippen LogP contribution in [0.2, 0.25) is 0 Å². The fourth-order valence-electron chi connectivity index (χ4n) is 3.74. The number of piperidine rings is 3. The molecule has 0 aliphatic carbocycles. The van der Waals surface area contributed by atoms with Crippen LogP contribution in [0.15, 0.2) is 28.7 Å². The summed E-state index contributed by atoms with van der Waals surface area (Å²) in [5.74, 6) is 0.775. The fourth-order valence-corrected chi connectivity index (χ4v) is 3.74. The van der Waals surface area contributed by atoms with Crippen molar-refractivity contribution < 1.29 is 14.0 Å². The Bertz CT molecular complexity index is 772. The molecule has 3 aliphatic heterocycles. The molecule has 1 aromatic heterocycles. The van der Waals surface area contributed by atoms with Gasteiger partial charge in [0.25, 0.3) is 5.91 Å². The van der Waals surface area contributed by atoms with Crippen molar-refractivity contribution in [3.8, 4) is 0 Å². The Kier molecular flexibility index (Phi) is 3.45. The van der Waals surface area contributed by atoms with Crippen LogP contribution >= 0.6 is 0 Å². The second-order valence-corrected chi connectivity index (χ2v) is 6.64. The SMILES string of the molecule is CC(=O)c1cc2cc(C(=O)N[C@H]3CN4CCC3CC4)ccc2o1. The highest BCUT2D eigenvalue weighted by atomic mass is 16.3. The summed E-state index contributed by atoms with van der Waals surface area (Å²) in [5, 5.41) is 3.97. The third kappa shape index (κ3) is 2.65. The number of hydrogen-bond donors (Lipinski definition) is 1. The van der Waals surface area contributed by atoms with Crippen LogP contribution in [-0.2, 0) is 0 Å². The van der Waals surface area contributed by atoms with E-state index in [9.17, 15) is 9.59 Å². The monoisotopic (exact) mass is 312 g/mol. The van der Waals surface area contributed by atoms with Gasteiger partial charge < -0.3 is 14.6 Å². The summed E-state index contributed by atoms with van der Waals surface area (Å²) in [4.78, 5) is 26.4. The van der Waals surface area contributed by atoms with Crippen molar-refractivity contribution in [2.45, 2.75) is 25.8 Å². The highest BCUT2D eigenvalue weighted by molar-refractivity contribution is 6.00. The van der Waals surface area contributed by atoms with Gasteiger partial charge in [-0.05, 0) is 56.1 Å². The first-order chi connectivity index (χ1) is 11.1. The Hall–Kier alpha value is -2.14. The smallest absolute Gasteiger partial charge is 0.251 e. The highest BCUT2D eigenvalue weighted by Gasteiger charge is 2.34. The number of nitrogens with one attached hydrogen (secondary N) is 1. The summed E-state index contributed by atoms with van der Waals surface area (Å²) >= 11 is 0. The number of ketones is 1. The summed E-state index contributed by atoms with van der Waals surface area (Å²) in [6.45, 7) is 4.75. The fraction of sp³-hybridized carbons (Fsp3) is 0.444. The number of rotatable bonds is 3. The van der Waals surface area contributed by atoms with Crippen molar-refractivity contribution in [2.75, 3.05) is 19.6 Å². The average molecular weight is 312 g/mol. The summed E-state index contributed by atoms with van der Waals surface area (Å²) in [6.07, 6.45) is 2.35. The molecule has 5 rings (SSSR count). The molecule has 5 heteroatoms. The molecule has 1 atom stereocenters. The summed E-state index contributed by atoms with van der Waals surface area (Å²) < 4.78 is 5.47. The van der Waals surface area contributed by atoms with Crippen LogP contribution in [-0.4, -0.2) is 42.3 Å². The molecule has 1 aromatic carbocycles. The van der Waals surface area contributed by atoms with E-state index in [1.165, 1.54) is 19.8 Å². The van der Waals surface area contributed by atoms with Crippen molar-refractivity contribution in [1.82, 2.24) is 10.2 Å². The van der Waals surface area contributed by atoms with Crippen molar-refractivity contribution in [2.24, 2.45) is 5.92 Å².